The van der Waals surface area contributed by atoms with E-state index in [9.17, 15) is 4.79 Å². The average Bonchev–Trinajstić information content (AvgIpc) is 3.42. The first kappa shape index (κ1) is 18.6. The number of hydrogen-bond acceptors (Lipinski definition) is 3. The number of fused-ring (bicyclic) bond motifs is 9. The third kappa shape index (κ3) is 2.48. The fourth-order valence-corrected chi connectivity index (χ4v) is 5.47. The van der Waals surface area contributed by atoms with Crippen molar-refractivity contribution in [2.24, 2.45) is 0 Å². The van der Waals surface area contributed by atoms with Crippen molar-refractivity contribution in [3.05, 3.63) is 114 Å². The van der Waals surface area contributed by atoms with Gasteiger partial charge in [0.1, 0.15) is 16.7 Å². The minimum Gasteiger partial charge on any atom is -0.456 e. The molecular weight excluding hydrogens is 434 g/mol. The van der Waals surface area contributed by atoms with Crippen LogP contribution in [0.2, 0.25) is 0 Å². The van der Waals surface area contributed by atoms with Crippen LogP contribution in [0.5, 0.6) is 0 Å². The van der Waals surface area contributed by atoms with Gasteiger partial charge in [-0.05, 0) is 36.4 Å². The quantitative estimate of drug-likeness (QED) is 0.188. The van der Waals surface area contributed by atoms with Gasteiger partial charge in [-0.3, -0.25) is 0 Å². The van der Waals surface area contributed by atoms with E-state index < -0.39 is 0 Å². The lowest BCUT2D eigenvalue weighted by Gasteiger charge is -2.10. The highest BCUT2D eigenvalue weighted by atomic mass is 16.4. The molecule has 35 heavy (non-hydrogen) atoms. The van der Waals surface area contributed by atoms with Crippen LogP contribution in [0, 0.1) is 0 Å². The molecule has 4 heteroatoms. The molecular formula is C31H17NO3. The molecule has 0 spiro atoms. The average molecular weight is 451 g/mol. The molecule has 8 rings (SSSR count). The highest BCUT2D eigenvalue weighted by Crippen LogP contribution is 2.38. The molecule has 5 aromatic carbocycles. The van der Waals surface area contributed by atoms with Gasteiger partial charge in [0.15, 0.2) is 0 Å². The largest absolute Gasteiger partial charge is 0.456 e. The second-order valence-corrected chi connectivity index (χ2v) is 8.93. The maximum absolute atomic E-state index is 12.9. The monoisotopic (exact) mass is 451 g/mol. The summed E-state index contributed by atoms with van der Waals surface area (Å²) in [6, 6.07) is 34.5. The summed E-state index contributed by atoms with van der Waals surface area (Å²) >= 11 is 0. The first-order chi connectivity index (χ1) is 17.3. The Kier molecular flexibility index (Phi) is 3.51. The van der Waals surface area contributed by atoms with E-state index in [-0.39, 0.29) is 5.63 Å². The van der Waals surface area contributed by atoms with Gasteiger partial charge in [0.05, 0.1) is 16.4 Å². The second kappa shape index (κ2) is 6.61. The molecule has 0 saturated heterocycles. The Bertz CT molecular complexity index is 2190. The smallest absolute Gasteiger partial charge is 0.344 e. The molecule has 0 unspecified atom stereocenters. The number of benzene rings is 5. The van der Waals surface area contributed by atoms with Crippen LogP contribution in [-0.4, -0.2) is 4.57 Å². The van der Waals surface area contributed by atoms with Crippen molar-refractivity contribution < 1.29 is 8.83 Å². The molecule has 0 fully saturated rings. The van der Waals surface area contributed by atoms with Crippen LogP contribution >= 0.6 is 0 Å². The zero-order chi connectivity index (χ0) is 23.1. The molecule has 0 aliphatic carbocycles. The molecule has 0 saturated carbocycles. The first-order valence-corrected chi connectivity index (χ1v) is 11.6. The normalized spacial score (nSPS) is 12.1. The van der Waals surface area contributed by atoms with Crippen molar-refractivity contribution in [2.45, 2.75) is 0 Å². The third-order valence-electron chi connectivity index (χ3n) is 7.03. The van der Waals surface area contributed by atoms with E-state index >= 15 is 0 Å². The predicted octanol–water partition coefficient (Wildman–Crippen LogP) is 7.94. The topological polar surface area (TPSA) is 48.3 Å². The van der Waals surface area contributed by atoms with Gasteiger partial charge in [0, 0.05) is 44.1 Å². The molecule has 3 heterocycles. The standard InChI is InChI=1S/C31H17NO3/c33-31-25-15-18(13-14-19(25)21-8-2-6-12-29(21)35-31)32-26-10-4-1-7-20(26)23-16-24-22-9-3-5-11-28(22)34-30(24)17-27(23)32/h1-17H. The van der Waals surface area contributed by atoms with E-state index in [1.807, 2.05) is 60.7 Å². The zero-order valence-electron chi connectivity index (χ0n) is 18.5. The predicted molar refractivity (Wildman–Crippen MR) is 142 cm³/mol. The highest BCUT2D eigenvalue weighted by molar-refractivity contribution is 6.17. The lowest BCUT2D eigenvalue weighted by molar-refractivity contribution is 0.569. The summed E-state index contributed by atoms with van der Waals surface area (Å²) in [4.78, 5) is 12.9. The summed E-state index contributed by atoms with van der Waals surface area (Å²) in [5, 5.41) is 6.89. The highest BCUT2D eigenvalue weighted by Gasteiger charge is 2.17. The van der Waals surface area contributed by atoms with E-state index in [1.165, 1.54) is 0 Å². The van der Waals surface area contributed by atoms with Crippen molar-refractivity contribution in [1.82, 2.24) is 4.57 Å². The summed E-state index contributed by atoms with van der Waals surface area (Å²) < 4.78 is 14.0. The van der Waals surface area contributed by atoms with Gasteiger partial charge in [-0.25, -0.2) is 4.79 Å². The molecule has 0 aliphatic rings. The summed E-state index contributed by atoms with van der Waals surface area (Å²) in [5.74, 6) is 0. The van der Waals surface area contributed by atoms with Gasteiger partial charge in [0.25, 0.3) is 0 Å². The van der Waals surface area contributed by atoms with Crippen LogP contribution in [0.1, 0.15) is 0 Å². The van der Waals surface area contributed by atoms with E-state index in [1.54, 1.807) is 0 Å². The molecule has 0 amide bonds. The van der Waals surface area contributed by atoms with Crippen molar-refractivity contribution >= 4 is 65.5 Å². The van der Waals surface area contributed by atoms with E-state index in [0.717, 1.165) is 60.2 Å². The Balaban J connectivity index is 1.50. The maximum Gasteiger partial charge on any atom is 0.344 e. The van der Waals surface area contributed by atoms with Crippen LogP contribution in [0.4, 0.5) is 0 Å². The van der Waals surface area contributed by atoms with Crippen LogP contribution in [-0.2, 0) is 0 Å². The van der Waals surface area contributed by atoms with Crippen molar-refractivity contribution in [3.63, 3.8) is 0 Å². The first-order valence-electron chi connectivity index (χ1n) is 11.6. The summed E-state index contributed by atoms with van der Waals surface area (Å²) in [7, 11) is 0. The van der Waals surface area contributed by atoms with E-state index in [2.05, 4.69) is 47.0 Å². The number of para-hydroxylation sites is 3. The Hall–Kier alpha value is -4.83. The second-order valence-electron chi connectivity index (χ2n) is 8.93. The van der Waals surface area contributed by atoms with Gasteiger partial charge in [0.2, 0.25) is 0 Å². The van der Waals surface area contributed by atoms with Crippen LogP contribution < -0.4 is 5.63 Å². The Labute approximate surface area is 198 Å². The molecule has 164 valence electrons. The number of nitrogens with zero attached hydrogens (tertiary/aromatic N) is 1. The van der Waals surface area contributed by atoms with Gasteiger partial charge in [-0.15, -0.1) is 0 Å². The lowest BCUT2D eigenvalue weighted by atomic mass is 10.1. The van der Waals surface area contributed by atoms with Gasteiger partial charge in [-0.2, -0.15) is 0 Å². The summed E-state index contributed by atoms with van der Waals surface area (Å²) in [6.07, 6.45) is 0. The van der Waals surface area contributed by atoms with Crippen molar-refractivity contribution in [3.8, 4) is 5.69 Å². The van der Waals surface area contributed by atoms with Crippen LogP contribution in [0.25, 0.3) is 71.2 Å². The summed E-state index contributed by atoms with van der Waals surface area (Å²) in [5.41, 5.74) is 4.99. The minimum atomic E-state index is -0.332. The Morgan fingerprint density at radius 2 is 1.14 bits per heavy atom. The number of rotatable bonds is 1. The van der Waals surface area contributed by atoms with Crippen LogP contribution in [0.15, 0.2) is 117 Å². The Morgan fingerprint density at radius 1 is 0.457 bits per heavy atom. The van der Waals surface area contributed by atoms with Gasteiger partial charge < -0.3 is 13.4 Å². The molecule has 0 aliphatic heterocycles. The molecule has 0 radical (unpaired) electrons. The fourth-order valence-electron chi connectivity index (χ4n) is 5.47. The van der Waals surface area contributed by atoms with Gasteiger partial charge in [-0.1, -0.05) is 60.7 Å². The SMILES string of the molecule is O=c1oc2ccccc2c2ccc(-n3c4ccccc4c4cc5c(cc43)oc3ccccc35)cc12. The molecule has 3 aromatic heterocycles. The van der Waals surface area contributed by atoms with Gasteiger partial charge >= 0.3 is 5.63 Å². The third-order valence-corrected chi connectivity index (χ3v) is 7.03. The van der Waals surface area contributed by atoms with E-state index in [4.69, 9.17) is 8.83 Å². The number of aromatic nitrogens is 1. The molecule has 8 aromatic rings. The molecule has 0 atom stereocenters. The zero-order valence-corrected chi connectivity index (χ0v) is 18.5. The van der Waals surface area contributed by atoms with E-state index in [0.29, 0.717) is 11.0 Å². The maximum atomic E-state index is 12.9. The summed E-state index contributed by atoms with van der Waals surface area (Å²) in [6.45, 7) is 0. The van der Waals surface area contributed by atoms with Crippen LogP contribution in [0.3, 0.4) is 0 Å². The minimum absolute atomic E-state index is 0.332. The number of hydrogen-bond donors (Lipinski definition) is 0. The van der Waals surface area contributed by atoms with Crippen molar-refractivity contribution in [1.29, 1.82) is 0 Å². The number of furan rings is 1. The molecule has 4 nitrogen and oxygen atoms in total. The van der Waals surface area contributed by atoms with Crippen molar-refractivity contribution in [2.75, 3.05) is 0 Å². The Morgan fingerprint density at radius 3 is 1.97 bits per heavy atom. The molecule has 0 N–H and O–H groups in total. The lowest BCUT2D eigenvalue weighted by Crippen LogP contribution is -2.02. The fraction of sp³-hybridized carbons (Fsp3) is 0. The molecule has 0 bridgehead atoms.